The number of carbonyl (C=O) groups excluding carboxylic acids is 1. The first-order valence-electron chi connectivity index (χ1n) is 4.04. The predicted octanol–water partition coefficient (Wildman–Crippen LogP) is 1.42. The van der Waals surface area contributed by atoms with Gasteiger partial charge in [0.2, 0.25) is 0 Å². The molecule has 0 saturated carbocycles. The molecule has 3 heteroatoms. The average molecular weight is 184 g/mol. The van der Waals surface area contributed by atoms with E-state index >= 15 is 0 Å². The predicted molar refractivity (Wildman–Crippen MR) is 50.2 cm³/mol. The molecule has 1 N–H and O–H groups in total. The Bertz CT molecular complexity index is 262. The van der Waals surface area contributed by atoms with E-state index < -0.39 is 11.6 Å². The zero-order chi connectivity index (χ0) is 10.6. The van der Waals surface area contributed by atoms with Crippen LogP contribution in [0.3, 0.4) is 0 Å². The van der Waals surface area contributed by atoms with Crippen molar-refractivity contribution in [1.82, 2.24) is 0 Å². The van der Waals surface area contributed by atoms with Crippen molar-refractivity contribution in [3.8, 4) is 0 Å². The van der Waals surface area contributed by atoms with Gasteiger partial charge in [-0.15, -0.1) is 5.73 Å². The molecule has 74 valence electrons. The molecule has 0 rings (SSSR count). The van der Waals surface area contributed by atoms with Gasteiger partial charge in [0.05, 0.1) is 18.3 Å². The number of rotatable bonds is 2. The van der Waals surface area contributed by atoms with Crippen LogP contribution in [0.15, 0.2) is 16.9 Å². The second-order valence-electron chi connectivity index (χ2n) is 3.43. The van der Waals surface area contributed by atoms with Crippen LogP contribution in [-0.4, -0.2) is 23.8 Å². The van der Waals surface area contributed by atoms with Crippen LogP contribution < -0.4 is 0 Å². The standard InChI is InChI=1S/C10H16O3/c1-7(9(11)13-5)6-8(2)10(3,4)12/h12H,1-5H3. The van der Waals surface area contributed by atoms with Gasteiger partial charge in [-0.2, -0.15) is 0 Å². The maximum Gasteiger partial charge on any atom is 0.341 e. The Morgan fingerprint density at radius 1 is 1.38 bits per heavy atom. The van der Waals surface area contributed by atoms with Crippen molar-refractivity contribution in [3.05, 3.63) is 16.9 Å². The Labute approximate surface area is 78.7 Å². The maximum absolute atomic E-state index is 11.0. The van der Waals surface area contributed by atoms with Gasteiger partial charge in [0.25, 0.3) is 0 Å². The van der Waals surface area contributed by atoms with Crippen LogP contribution in [0.5, 0.6) is 0 Å². The van der Waals surface area contributed by atoms with Crippen molar-refractivity contribution in [2.45, 2.75) is 33.3 Å². The van der Waals surface area contributed by atoms with Gasteiger partial charge in [0, 0.05) is 5.57 Å². The molecular formula is C10H16O3. The highest BCUT2D eigenvalue weighted by Gasteiger charge is 2.15. The Balaban J connectivity index is 5.00. The molecule has 0 atom stereocenters. The van der Waals surface area contributed by atoms with Crippen molar-refractivity contribution in [2.75, 3.05) is 7.11 Å². The molecule has 0 amide bonds. The van der Waals surface area contributed by atoms with E-state index in [0.29, 0.717) is 11.1 Å². The van der Waals surface area contributed by atoms with Gasteiger partial charge in [-0.25, -0.2) is 4.79 Å². The molecule has 0 heterocycles. The van der Waals surface area contributed by atoms with E-state index in [1.165, 1.54) is 7.11 Å². The summed E-state index contributed by atoms with van der Waals surface area (Å²) in [5, 5.41) is 9.52. The average Bonchev–Trinajstić information content (AvgIpc) is 2.01. The Hall–Kier alpha value is -1.05. The highest BCUT2D eigenvalue weighted by Crippen LogP contribution is 2.13. The van der Waals surface area contributed by atoms with Gasteiger partial charge in [-0.1, -0.05) is 0 Å². The second kappa shape index (κ2) is 4.26. The van der Waals surface area contributed by atoms with E-state index in [1.807, 2.05) is 0 Å². The van der Waals surface area contributed by atoms with Crippen LogP contribution in [0.2, 0.25) is 0 Å². The Morgan fingerprint density at radius 2 is 1.85 bits per heavy atom. The SMILES string of the molecule is COC(=O)C(C)=C=C(C)C(C)(C)O. The minimum absolute atomic E-state index is 0.363. The van der Waals surface area contributed by atoms with Crippen LogP contribution in [0.25, 0.3) is 0 Å². The lowest BCUT2D eigenvalue weighted by Crippen LogP contribution is -2.19. The second-order valence-corrected chi connectivity index (χ2v) is 3.43. The Kier molecular flexibility index (Phi) is 3.92. The summed E-state index contributed by atoms with van der Waals surface area (Å²) in [5.74, 6) is -0.427. The molecule has 0 aliphatic carbocycles. The number of methoxy groups -OCH3 is 1. The highest BCUT2D eigenvalue weighted by molar-refractivity contribution is 5.87. The number of hydrogen-bond acceptors (Lipinski definition) is 3. The molecule has 0 saturated heterocycles. The largest absolute Gasteiger partial charge is 0.465 e. The third-order valence-corrected chi connectivity index (χ3v) is 1.78. The van der Waals surface area contributed by atoms with E-state index in [1.54, 1.807) is 27.7 Å². The summed E-state index contributed by atoms with van der Waals surface area (Å²) < 4.78 is 4.49. The van der Waals surface area contributed by atoms with Gasteiger partial charge < -0.3 is 9.84 Å². The van der Waals surface area contributed by atoms with E-state index in [2.05, 4.69) is 10.5 Å². The third kappa shape index (κ3) is 3.92. The maximum atomic E-state index is 11.0. The van der Waals surface area contributed by atoms with Crippen molar-refractivity contribution in [2.24, 2.45) is 0 Å². The Morgan fingerprint density at radius 3 is 2.15 bits per heavy atom. The summed E-state index contributed by atoms with van der Waals surface area (Å²) in [4.78, 5) is 11.0. The van der Waals surface area contributed by atoms with Crippen LogP contribution >= 0.6 is 0 Å². The highest BCUT2D eigenvalue weighted by atomic mass is 16.5. The van der Waals surface area contributed by atoms with Crippen LogP contribution in [0, 0.1) is 0 Å². The zero-order valence-electron chi connectivity index (χ0n) is 8.76. The summed E-state index contributed by atoms with van der Waals surface area (Å²) in [6.45, 7) is 6.59. The van der Waals surface area contributed by atoms with Crippen LogP contribution in [-0.2, 0) is 9.53 Å². The minimum atomic E-state index is -0.949. The van der Waals surface area contributed by atoms with Crippen molar-refractivity contribution in [1.29, 1.82) is 0 Å². The molecule has 0 bridgehead atoms. The topological polar surface area (TPSA) is 46.5 Å². The summed E-state index contributed by atoms with van der Waals surface area (Å²) in [6, 6.07) is 0. The number of carbonyl (C=O) groups is 1. The fourth-order valence-corrected chi connectivity index (χ4v) is 0.638. The lowest BCUT2D eigenvalue weighted by atomic mass is 10.0. The first-order valence-corrected chi connectivity index (χ1v) is 4.04. The van der Waals surface area contributed by atoms with E-state index in [9.17, 15) is 9.90 Å². The first kappa shape index (κ1) is 11.9. The molecule has 13 heavy (non-hydrogen) atoms. The molecule has 0 fully saturated rings. The fraction of sp³-hybridized carbons (Fsp3) is 0.600. The van der Waals surface area contributed by atoms with Crippen LogP contribution in [0.4, 0.5) is 0 Å². The third-order valence-electron chi connectivity index (χ3n) is 1.78. The summed E-state index contributed by atoms with van der Waals surface area (Å²) >= 11 is 0. The van der Waals surface area contributed by atoms with Crippen molar-refractivity contribution >= 4 is 5.97 Å². The fourth-order valence-electron chi connectivity index (χ4n) is 0.638. The molecule has 0 aromatic carbocycles. The molecule has 0 spiro atoms. The number of esters is 1. The van der Waals surface area contributed by atoms with Crippen molar-refractivity contribution < 1.29 is 14.6 Å². The monoisotopic (exact) mass is 184 g/mol. The number of hydrogen-bond donors (Lipinski definition) is 1. The molecule has 0 aliphatic rings. The summed E-state index contributed by atoms with van der Waals surface area (Å²) in [6.07, 6.45) is 0. The molecule has 0 aromatic rings. The molecule has 0 unspecified atom stereocenters. The quantitative estimate of drug-likeness (QED) is 0.401. The van der Waals surface area contributed by atoms with E-state index in [4.69, 9.17) is 0 Å². The van der Waals surface area contributed by atoms with E-state index in [-0.39, 0.29) is 0 Å². The van der Waals surface area contributed by atoms with E-state index in [0.717, 1.165) is 0 Å². The van der Waals surface area contributed by atoms with Crippen LogP contribution in [0.1, 0.15) is 27.7 Å². The van der Waals surface area contributed by atoms with Gasteiger partial charge in [-0.05, 0) is 27.7 Å². The number of ether oxygens (including phenoxy) is 1. The smallest absolute Gasteiger partial charge is 0.341 e. The normalized spacial score (nSPS) is 10.3. The zero-order valence-corrected chi connectivity index (χ0v) is 8.76. The molecule has 0 radical (unpaired) electrons. The molecular weight excluding hydrogens is 168 g/mol. The van der Waals surface area contributed by atoms with Gasteiger partial charge in [0.1, 0.15) is 0 Å². The molecule has 0 aliphatic heterocycles. The first-order chi connectivity index (χ1) is 5.79. The number of aliphatic hydroxyl groups is 1. The molecule has 0 aromatic heterocycles. The minimum Gasteiger partial charge on any atom is -0.465 e. The van der Waals surface area contributed by atoms with Gasteiger partial charge in [-0.3, -0.25) is 0 Å². The van der Waals surface area contributed by atoms with Gasteiger partial charge >= 0.3 is 5.97 Å². The summed E-state index contributed by atoms with van der Waals surface area (Å²) in [7, 11) is 1.31. The lowest BCUT2D eigenvalue weighted by Gasteiger charge is -2.15. The molecule has 3 nitrogen and oxygen atoms in total. The summed E-state index contributed by atoms with van der Waals surface area (Å²) in [5.41, 5.74) is 2.80. The van der Waals surface area contributed by atoms with Crippen molar-refractivity contribution in [3.63, 3.8) is 0 Å². The van der Waals surface area contributed by atoms with Gasteiger partial charge in [0.15, 0.2) is 0 Å². The lowest BCUT2D eigenvalue weighted by molar-refractivity contribution is -0.136.